The summed E-state index contributed by atoms with van der Waals surface area (Å²) in [5, 5.41) is 2.79. The van der Waals surface area contributed by atoms with Crippen molar-refractivity contribution in [3.8, 4) is 5.75 Å². The van der Waals surface area contributed by atoms with Crippen LogP contribution in [0.15, 0.2) is 48.5 Å². The van der Waals surface area contributed by atoms with Gasteiger partial charge in [0.1, 0.15) is 11.8 Å². The summed E-state index contributed by atoms with van der Waals surface area (Å²) in [6, 6.07) is 14.2. The Kier molecular flexibility index (Phi) is 5.03. The molecule has 2 amide bonds. The van der Waals surface area contributed by atoms with Crippen molar-refractivity contribution in [2.24, 2.45) is 0 Å². The van der Waals surface area contributed by atoms with Gasteiger partial charge in [0.05, 0.1) is 7.11 Å². The van der Waals surface area contributed by atoms with Crippen LogP contribution in [0, 0.1) is 0 Å². The van der Waals surface area contributed by atoms with Crippen molar-refractivity contribution in [2.45, 2.75) is 25.8 Å². The zero-order valence-corrected chi connectivity index (χ0v) is 14.5. The van der Waals surface area contributed by atoms with Crippen LogP contribution in [0.2, 0.25) is 0 Å². The largest absolute Gasteiger partial charge is 0.497 e. The van der Waals surface area contributed by atoms with E-state index in [0.717, 1.165) is 18.5 Å². The van der Waals surface area contributed by atoms with Gasteiger partial charge in [-0.1, -0.05) is 18.2 Å². The Balaban J connectivity index is 1.69. The molecule has 3 rings (SSSR count). The van der Waals surface area contributed by atoms with Crippen molar-refractivity contribution < 1.29 is 14.3 Å². The number of nitrogens with zero attached hydrogens (tertiary/aromatic N) is 1. The lowest BCUT2D eigenvalue weighted by atomic mass is 10.0. The van der Waals surface area contributed by atoms with Crippen molar-refractivity contribution in [3.05, 3.63) is 59.7 Å². The molecule has 1 N–H and O–H groups in total. The van der Waals surface area contributed by atoms with Crippen LogP contribution in [-0.4, -0.2) is 31.5 Å². The molecular formula is C20H22N2O3. The number of para-hydroxylation sites is 1. The first kappa shape index (κ1) is 17.0. The van der Waals surface area contributed by atoms with Gasteiger partial charge in [0.25, 0.3) is 5.91 Å². The minimum absolute atomic E-state index is 0.0889. The standard InChI is InChI=1S/C20H22N2O3/c1-14(21-19(23)16-9-11-17(25-2)12-10-16)20(24)22-13-5-7-15-6-3-4-8-18(15)22/h3-4,6,8-12,14H,5,7,13H2,1-2H3,(H,21,23)/t14-/m0/s1. The van der Waals surface area contributed by atoms with Gasteiger partial charge in [0.2, 0.25) is 5.91 Å². The predicted molar refractivity (Wildman–Crippen MR) is 97.0 cm³/mol. The van der Waals surface area contributed by atoms with E-state index in [0.29, 0.717) is 17.9 Å². The number of benzene rings is 2. The predicted octanol–water partition coefficient (Wildman–Crippen LogP) is 2.79. The van der Waals surface area contributed by atoms with E-state index in [4.69, 9.17) is 4.74 Å². The molecule has 1 heterocycles. The number of anilines is 1. The first-order valence-electron chi connectivity index (χ1n) is 8.44. The number of hydrogen-bond donors (Lipinski definition) is 1. The van der Waals surface area contributed by atoms with Gasteiger partial charge in [-0.25, -0.2) is 0 Å². The van der Waals surface area contributed by atoms with Crippen LogP contribution in [0.3, 0.4) is 0 Å². The third-order valence-electron chi connectivity index (χ3n) is 4.45. The van der Waals surface area contributed by atoms with E-state index in [2.05, 4.69) is 11.4 Å². The van der Waals surface area contributed by atoms with E-state index in [-0.39, 0.29) is 11.8 Å². The molecule has 0 saturated carbocycles. The number of amides is 2. The maximum atomic E-state index is 12.8. The van der Waals surface area contributed by atoms with Crippen molar-refractivity contribution in [1.29, 1.82) is 0 Å². The number of rotatable bonds is 4. The number of carbonyl (C=O) groups is 2. The first-order chi connectivity index (χ1) is 12.1. The maximum Gasteiger partial charge on any atom is 0.251 e. The van der Waals surface area contributed by atoms with Crippen molar-refractivity contribution in [2.75, 3.05) is 18.6 Å². The third kappa shape index (κ3) is 3.65. The van der Waals surface area contributed by atoms with Crippen LogP contribution < -0.4 is 15.0 Å². The van der Waals surface area contributed by atoms with Crippen molar-refractivity contribution >= 4 is 17.5 Å². The lowest BCUT2D eigenvalue weighted by Crippen LogP contribution is -2.48. The van der Waals surface area contributed by atoms with Crippen LogP contribution >= 0.6 is 0 Å². The minimum atomic E-state index is -0.597. The number of methoxy groups -OCH3 is 1. The summed E-state index contributed by atoms with van der Waals surface area (Å²) in [5.74, 6) is 0.327. The van der Waals surface area contributed by atoms with Crippen molar-refractivity contribution in [3.63, 3.8) is 0 Å². The number of nitrogens with one attached hydrogen (secondary N) is 1. The van der Waals surface area contributed by atoms with Crippen molar-refractivity contribution in [1.82, 2.24) is 5.32 Å². The van der Waals surface area contributed by atoms with Gasteiger partial charge in [-0.3, -0.25) is 9.59 Å². The van der Waals surface area contributed by atoms with Gasteiger partial charge in [0, 0.05) is 17.8 Å². The summed E-state index contributed by atoms with van der Waals surface area (Å²) in [6.07, 6.45) is 1.91. The van der Waals surface area contributed by atoms with Gasteiger partial charge in [-0.05, 0) is 55.7 Å². The molecule has 1 aliphatic rings. The highest BCUT2D eigenvalue weighted by Gasteiger charge is 2.27. The smallest absolute Gasteiger partial charge is 0.251 e. The van der Waals surface area contributed by atoms with E-state index in [1.807, 2.05) is 18.2 Å². The summed E-state index contributed by atoms with van der Waals surface area (Å²) in [7, 11) is 1.58. The molecule has 5 nitrogen and oxygen atoms in total. The molecule has 1 aliphatic heterocycles. The fourth-order valence-corrected chi connectivity index (χ4v) is 3.08. The second-order valence-corrected chi connectivity index (χ2v) is 6.15. The highest BCUT2D eigenvalue weighted by atomic mass is 16.5. The molecule has 0 radical (unpaired) electrons. The molecule has 0 aromatic heterocycles. The number of aryl methyl sites for hydroxylation is 1. The second kappa shape index (κ2) is 7.38. The van der Waals surface area contributed by atoms with Gasteiger partial charge >= 0.3 is 0 Å². The van der Waals surface area contributed by atoms with Crippen LogP contribution in [0.25, 0.3) is 0 Å². The van der Waals surface area contributed by atoms with Crippen LogP contribution in [0.4, 0.5) is 5.69 Å². The van der Waals surface area contributed by atoms with E-state index in [9.17, 15) is 9.59 Å². The Bertz CT molecular complexity index is 771. The number of fused-ring (bicyclic) bond motifs is 1. The molecule has 25 heavy (non-hydrogen) atoms. The Morgan fingerprint density at radius 3 is 2.56 bits per heavy atom. The highest BCUT2D eigenvalue weighted by Crippen LogP contribution is 2.27. The maximum absolute atomic E-state index is 12.8. The average molecular weight is 338 g/mol. The molecule has 0 aliphatic carbocycles. The molecule has 2 aromatic rings. The van der Waals surface area contributed by atoms with Gasteiger partial charge in [-0.2, -0.15) is 0 Å². The molecule has 0 unspecified atom stereocenters. The summed E-state index contributed by atoms with van der Waals surface area (Å²) in [5.41, 5.74) is 2.62. The number of hydrogen-bond acceptors (Lipinski definition) is 3. The van der Waals surface area contributed by atoms with E-state index in [1.54, 1.807) is 43.2 Å². The van der Waals surface area contributed by atoms with E-state index in [1.165, 1.54) is 5.56 Å². The van der Waals surface area contributed by atoms with Crippen LogP contribution in [-0.2, 0) is 11.2 Å². The van der Waals surface area contributed by atoms with Gasteiger partial charge in [0.15, 0.2) is 0 Å². The summed E-state index contributed by atoms with van der Waals surface area (Å²) < 4.78 is 5.09. The molecule has 0 saturated heterocycles. The minimum Gasteiger partial charge on any atom is -0.497 e. The normalized spacial score (nSPS) is 14.4. The summed E-state index contributed by atoms with van der Waals surface area (Å²) in [4.78, 5) is 27.0. The Labute approximate surface area is 147 Å². The van der Waals surface area contributed by atoms with Crippen LogP contribution in [0.5, 0.6) is 5.75 Å². The quantitative estimate of drug-likeness (QED) is 0.932. The summed E-state index contributed by atoms with van der Waals surface area (Å²) >= 11 is 0. The molecule has 0 spiro atoms. The second-order valence-electron chi connectivity index (χ2n) is 6.15. The Hall–Kier alpha value is -2.82. The molecule has 2 aromatic carbocycles. The third-order valence-corrected chi connectivity index (χ3v) is 4.45. The number of ether oxygens (including phenoxy) is 1. The number of carbonyl (C=O) groups excluding carboxylic acids is 2. The van der Waals surface area contributed by atoms with Crippen LogP contribution in [0.1, 0.15) is 29.3 Å². The first-order valence-corrected chi connectivity index (χ1v) is 8.44. The lowest BCUT2D eigenvalue weighted by Gasteiger charge is -2.31. The Morgan fingerprint density at radius 1 is 1.12 bits per heavy atom. The van der Waals surface area contributed by atoms with Gasteiger partial charge in [-0.15, -0.1) is 0 Å². The van der Waals surface area contributed by atoms with E-state index < -0.39 is 6.04 Å². The fraction of sp³-hybridized carbons (Fsp3) is 0.300. The Morgan fingerprint density at radius 2 is 1.84 bits per heavy atom. The molecule has 0 fully saturated rings. The topological polar surface area (TPSA) is 58.6 Å². The fourth-order valence-electron chi connectivity index (χ4n) is 3.08. The average Bonchev–Trinajstić information content (AvgIpc) is 2.67. The molecule has 1 atom stereocenters. The molecule has 0 bridgehead atoms. The monoisotopic (exact) mass is 338 g/mol. The zero-order chi connectivity index (χ0) is 17.8. The molecular weight excluding hydrogens is 316 g/mol. The summed E-state index contributed by atoms with van der Waals surface area (Å²) in [6.45, 7) is 2.40. The molecule has 5 heteroatoms. The highest BCUT2D eigenvalue weighted by molar-refractivity contribution is 6.02. The lowest BCUT2D eigenvalue weighted by molar-refractivity contribution is -0.120. The SMILES string of the molecule is COc1ccc(C(=O)N[C@@H](C)C(=O)N2CCCc3ccccc32)cc1. The van der Waals surface area contributed by atoms with E-state index >= 15 is 0 Å². The molecule has 130 valence electrons. The zero-order valence-electron chi connectivity index (χ0n) is 14.5. The van der Waals surface area contributed by atoms with Gasteiger partial charge < -0.3 is 15.0 Å².